The van der Waals surface area contributed by atoms with Crippen molar-refractivity contribution < 1.29 is 0 Å². The van der Waals surface area contributed by atoms with Gasteiger partial charge in [0.15, 0.2) is 0 Å². The zero-order valence-corrected chi connectivity index (χ0v) is 13.7. The van der Waals surface area contributed by atoms with Crippen LogP contribution in [0.2, 0.25) is 0 Å². The van der Waals surface area contributed by atoms with Crippen molar-refractivity contribution in [2.24, 2.45) is 7.05 Å². The molecule has 2 aromatic heterocycles. The molecule has 1 saturated heterocycles. The number of aryl methyl sites for hydroxylation is 1. The van der Waals surface area contributed by atoms with Gasteiger partial charge < -0.3 is 4.90 Å². The van der Waals surface area contributed by atoms with Crippen molar-refractivity contribution in [3.63, 3.8) is 0 Å². The quantitative estimate of drug-likeness (QED) is 0.868. The lowest BCUT2D eigenvalue weighted by Crippen LogP contribution is -2.46. The van der Waals surface area contributed by atoms with Crippen LogP contribution >= 0.6 is 0 Å². The van der Waals surface area contributed by atoms with Gasteiger partial charge in [-0.3, -0.25) is 14.6 Å². The predicted molar refractivity (Wildman–Crippen MR) is 89.0 cm³/mol. The minimum Gasteiger partial charge on any atom is -0.368 e. The molecule has 1 aliphatic heterocycles. The molecule has 5 heteroatoms. The molecule has 0 spiro atoms. The number of nitrogens with zero attached hydrogens (tertiary/aromatic N) is 5. The minimum absolute atomic E-state index is 0.488. The SMILES string of the molecule is CC(C)c1cc(CN2CCN(c3cccnc3)CC2)n(C)n1. The fourth-order valence-electron chi connectivity index (χ4n) is 2.89. The molecule has 22 heavy (non-hydrogen) atoms. The molecule has 0 aliphatic carbocycles. The molecule has 0 aromatic carbocycles. The van der Waals surface area contributed by atoms with Crippen molar-refractivity contribution in [2.75, 3.05) is 31.1 Å². The van der Waals surface area contributed by atoms with Crippen molar-refractivity contribution in [1.82, 2.24) is 19.7 Å². The normalized spacial score (nSPS) is 16.5. The molecule has 3 heterocycles. The van der Waals surface area contributed by atoms with Gasteiger partial charge in [-0.05, 0) is 24.1 Å². The number of hydrogen-bond donors (Lipinski definition) is 0. The first-order valence-corrected chi connectivity index (χ1v) is 8.03. The third-order valence-electron chi connectivity index (χ3n) is 4.36. The topological polar surface area (TPSA) is 37.2 Å². The molecule has 0 amide bonds. The van der Waals surface area contributed by atoms with Crippen LogP contribution in [0.15, 0.2) is 30.6 Å². The highest BCUT2D eigenvalue weighted by molar-refractivity contribution is 5.44. The van der Waals surface area contributed by atoms with Crippen LogP contribution in [-0.4, -0.2) is 45.8 Å². The summed E-state index contributed by atoms with van der Waals surface area (Å²) in [5, 5.41) is 4.61. The van der Waals surface area contributed by atoms with E-state index in [-0.39, 0.29) is 0 Å². The van der Waals surface area contributed by atoms with Crippen LogP contribution in [0.25, 0.3) is 0 Å². The number of pyridine rings is 1. The van der Waals surface area contributed by atoms with Gasteiger partial charge >= 0.3 is 0 Å². The molecule has 118 valence electrons. The molecule has 0 N–H and O–H groups in total. The van der Waals surface area contributed by atoms with Gasteiger partial charge in [0.05, 0.1) is 23.3 Å². The lowest BCUT2D eigenvalue weighted by atomic mass is 10.1. The first kappa shape index (κ1) is 15.0. The van der Waals surface area contributed by atoms with Crippen molar-refractivity contribution >= 4 is 5.69 Å². The Morgan fingerprint density at radius 1 is 1.18 bits per heavy atom. The zero-order valence-electron chi connectivity index (χ0n) is 13.7. The Hall–Kier alpha value is -1.88. The van der Waals surface area contributed by atoms with Crippen LogP contribution in [-0.2, 0) is 13.6 Å². The van der Waals surface area contributed by atoms with Gasteiger partial charge in [-0.25, -0.2) is 0 Å². The summed E-state index contributed by atoms with van der Waals surface area (Å²) in [5.74, 6) is 0.488. The summed E-state index contributed by atoms with van der Waals surface area (Å²) in [5.41, 5.74) is 3.72. The van der Waals surface area contributed by atoms with E-state index in [1.54, 1.807) is 0 Å². The fraction of sp³-hybridized carbons (Fsp3) is 0.529. The Morgan fingerprint density at radius 2 is 1.95 bits per heavy atom. The van der Waals surface area contributed by atoms with Crippen LogP contribution in [0.3, 0.4) is 0 Å². The second-order valence-corrected chi connectivity index (χ2v) is 6.31. The van der Waals surface area contributed by atoms with Crippen LogP contribution in [0.5, 0.6) is 0 Å². The maximum Gasteiger partial charge on any atom is 0.0653 e. The van der Waals surface area contributed by atoms with E-state index >= 15 is 0 Å². The van der Waals surface area contributed by atoms with Gasteiger partial charge in [-0.1, -0.05) is 13.8 Å². The summed E-state index contributed by atoms with van der Waals surface area (Å²) in [7, 11) is 2.05. The Balaban J connectivity index is 1.58. The molecule has 0 radical (unpaired) electrons. The van der Waals surface area contributed by atoms with Crippen molar-refractivity contribution in [3.05, 3.63) is 42.0 Å². The van der Waals surface area contributed by atoms with Gasteiger partial charge in [-0.15, -0.1) is 0 Å². The highest BCUT2D eigenvalue weighted by Crippen LogP contribution is 2.18. The monoisotopic (exact) mass is 299 g/mol. The summed E-state index contributed by atoms with van der Waals surface area (Å²) >= 11 is 0. The molecule has 0 atom stereocenters. The van der Waals surface area contributed by atoms with Crippen molar-refractivity contribution in [1.29, 1.82) is 0 Å². The van der Waals surface area contributed by atoms with Crippen molar-refractivity contribution in [2.45, 2.75) is 26.3 Å². The second-order valence-electron chi connectivity index (χ2n) is 6.31. The van der Waals surface area contributed by atoms with E-state index in [9.17, 15) is 0 Å². The van der Waals surface area contributed by atoms with Gasteiger partial charge in [-0.2, -0.15) is 5.10 Å². The summed E-state index contributed by atoms with van der Waals surface area (Å²) in [6.45, 7) is 9.64. The third-order valence-corrected chi connectivity index (χ3v) is 4.36. The first-order valence-electron chi connectivity index (χ1n) is 8.03. The standard InChI is InChI=1S/C17H25N5/c1-14(2)17-11-16(20(3)19-17)13-21-7-9-22(10-8-21)15-5-4-6-18-12-15/h4-6,11-12,14H,7-10,13H2,1-3H3. The molecule has 0 unspecified atom stereocenters. The molecule has 1 aliphatic rings. The Labute approximate surface area is 132 Å². The number of piperazine rings is 1. The van der Waals surface area contributed by atoms with Crippen molar-refractivity contribution in [3.8, 4) is 0 Å². The van der Waals surface area contributed by atoms with Crippen LogP contribution in [0.1, 0.15) is 31.2 Å². The molecular weight excluding hydrogens is 274 g/mol. The van der Waals surface area contributed by atoms with E-state index < -0.39 is 0 Å². The smallest absolute Gasteiger partial charge is 0.0653 e. The second kappa shape index (κ2) is 6.48. The average Bonchev–Trinajstić information content (AvgIpc) is 2.90. The maximum atomic E-state index is 4.61. The van der Waals surface area contributed by atoms with Gasteiger partial charge in [0.1, 0.15) is 0 Å². The number of hydrogen-bond acceptors (Lipinski definition) is 4. The number of aromatic nitrogens is 3. The van der Waals surface area contributed by atoms with Crippen LogP contribution in [0, 0.1) is 0 Å². The lowest BCUT2D eigenvalue weighted by molar-refractivity contribution is 0.243. The molecule has 5 nitrogen and oxygen atoms in total. The summed E-state index contributed by atoms with van der Waals surface area (Å²) in [6.07, 6.45) is 3.78. The van der Waals surface area contributed by atoms with E-state index in [2.05, 4.69) is 45.9 Å². The minimum atomic E-state index is 0.488. The number of anilines is 1. The van der Waals surface area contributed by atoms with Gasteiger partial charge in [0.2, 0.25) is 0 Å². The largest absolute Gasteiger partial charge is 0.368 e. The van der Waals surface area contributed by atoms with Gasteiger partial charge in [0, 0.05) is 46.0 Å². The van der Waals surface area contributed by atoms with E-state index in [1.807, 2.05) is 30.2 Å². The van der Waals surface area contributed by atoms with Gasteiger partial charge in [0.25, 0.3) is 0 Å². The summed E-state index contributed by atoms with van der Waals surface area (Å²) in [6, 6.07) is 6.39. The lowest BCUT2D eigenvalue weighted by Gasteiger charge is -2.35. The van der Waals surface area contributed by atoms with E-state index in [1.165, 1.54) is 17.1 Å². The fourth-order valence-corrected chi connectivity index (χ4v) is 2.89. The Morgan fingerprint density at radius 3 is 2.55 bits per heavy atom. The summed E-state index contributed by atoms with van der Waals surface area (Å²) in [4.78, 5) is 9.13. The Bertz CT molecular complexity index is 597. The van der Waals surface area contributed by atoms with E-state index in [0.717, 1.165) is 32.7 Å². The highest BCUT2D eigenvalue weighted by atomic mass is 15.3. The molecule has 1 fully saturated rings. The molecule has 0 saturated carbocycles. The highest BCUT2D eigenvalue weighted by Gasteiger charge is 2.19. The molecular formula is C17H25N5. The van der Waals surface area contributed by atoms with Crippen LogP contribution < -0.4 is 4.90 Å². The first-order chi connectivity index (χ1) is 10.6. The van der Waals surface area contributed by atoms with E-state index in [4.69, 9.17) is 0 Å². The average molecular weight is 299 g/mol. The molecule has 3 rings (SSSR count). The molecule has 0 bridgehead atoms. The number of rotatable bonds is 4. The third kappa shape index (κ3) is 3.30. The van der Waals surface area contributed by atoms with E-state index in [0.29, 0.717) is 5.92 Å². The summed E-state index contributed by atoms with van der Waals surface area (Å²) < 4.78 is 2.03. The Kier molecular flexibility index (Phi) is 4.43. The maximum absolute atomic E-state index is 4.61. The van der Waals surface area contributed by atoms with Crippen LogP contribution in [0.4, 0.5) is 5.69 Å². The zero-order chi connectivity index (χ0) is 15.5. The molecule has 2 aromatic rings. The predicted octanol–water partition coefficient (Wildman–Crippen LogP) is 2.26.